The van der Waals surface area contributed by atoms with Gasteiger partial charge in [0, 0.05) is 51.6 Å². The van der Waals surface area contributed by atoms with Crippen LogP contribution >= 0.6 is 11.6 Å². The van der Waals surface area contributed by atoms with Gasteiger partial charge in [-0.2, -0.15) is 0 Å². The van der Waals surface area contributed by atoms with Crippen molar-refractivity contribution in [1.82, 2.24) is 24.3 Å². The first-order valence-electron chi connectivity index (χ1n) is 14.0. The first kappa shape index (κ1) is 28.9. The lowest BCUT2D eigenvalue weighted by molar-refractivity contribution is -0.117. The van der Waals surface area contributed by atoms with E-state index in [0.29, 0.717) is 34.8 Å². The normalized spacial score (nSPS) is 14.8. The summed E-state index contributed by atoms with van der Waals surface area (Å²) in [6.45, 7) is 13.8. The van der Waals surface area contributed by atoms with Crippen molar-refractivity contribution in [3.8, 4) is 11.5 Å². The second kappa shape index (κ2) is 12.1. The van der Waals surface area contributed by atoms with Gasteiger partial charge >= 0.3 is 0 Å². The third-order valence-corrected chi connectivity index (χ3v) is 7.77. The maximum absolute atomic E-state index is 12.6. The molecular formula is C31H38ClN7O2. The van der Waals surface area contributed by atoms with Crippen LogP contribution in [0.2, 0.25) is 5.02 Å². The van der Waals surface area contributed by atoms with Gasteiger partial charge in [0.2, 0.25) is 11.9 Å². The van der Waals surface area contributed by atoms with Crippen LogP contribution in [0.5, 0.6) is 11.5 Å². The lowest BCUT2D eigenvalue weighted by atomic mass is 9.87. The van der Waals surface area contributed by atoms with Crippen LogP contribution in [-0.2, 0) is 17.3 Å². The second-order valence-corrected chi connectivity index (χ2v) is 11.9. The number of carbonyl (C=O) groups is 1. The summed E-state index contributed by atoms with van der Waals surface area (Å²) in [6.07, 6.45) is 1.63. The highest BCUT2D eigenvalue weighted by Gasteiger charge is 2.19. The van der Waals surface area contributed by atoms with E-state index >= 15 is 0 Å². The van der Waals surface area contributed by atoms with E-state index in [4.69, 9.17) is 21.3 Å². The Hall–Kier alpha value is -3.66. The molecule has 2 N–H and O–H groups in total. The van der Waals surface area contributed by atoms with Gasteiger partial charge in [0.05, 0.1) is 28.3 Å². The molecule has 0 saturated carbocycles. The van der Waals surface area contributed by atoms with Crippen LogP contribution in [0.15, 0.2) is 54.7 Å². The number of pyridine rings is 1. The fourth-order valence-electron chi connectivity index (χ4n) is 4.89. The summed E-state index contributed by atoms with van der Waals surface area (Å²) >= 11 is 6.51. The molecule has 41 heavy (non-hydrogen) atoms. The fraction of sp³-hybridized carbons (Fsp3) is 0.387. The van der Waals surface area contributed by atoms with Crippen molar-refractivity contribution in [2.75, 3.05) is 49.9 Å². The molecule has 1 aliphatic heterocycles. The molecule has 0 bridgehead atoms. The number of amides is 1. The number of benzene rings is 2. The molecule has 0 atom stereocenters. The molecule has 1 saturated heterocycles. The number of ether oxygens (including phenoxy) is 1. The smallest absolute Gasteiger partial charge is 0.239 e. The Labute approximate surface area is 246 Å². The van der Waals surface area contributed by atoms with Crippen LogP contribution in [0, 0.1) is 0 Å². The van der Waals surface area contributed by atoms with E-state index in [9.17, 15) is 4.79 Å². The van der Waals surface area contributed by atoms with Crippen molar-refractivity contribution in [2.24, 2.45) is 7.05 Å². The number of nitrogens with one attached hydrogen (secondary N) is 2. The topological polar surface area (TPSA) is 87.5 Å². The molecule has 1 amide bonds. The van der Waals surface area contributed by atoms with E-state index in [-0.39, 0.29) is 11.3 Å². The number of hydrogen-bond acceptors (Lipinski definition) is 7. The van der Waals surface area contributed by atoms with Crippen molar-refractivity contribution < 1.29 is 9.53 Å². The molecule has 0 radical (unpaired) electrons. The number of hydrogen-bond donors (Lipinski definition) is 2. The zero-order valence-corrected chi connectivity index (χ0v) is 25.1. The number of rotatable bonds is 8. The summed E-state index contributed by atoms with van der Waals surface area (Å²) in [5, 5.41) is 6.93. The lowest BCUT2D eigenvalue weighted by Gasteiger charge is -2.33. The minimum absolute atomic E-state index is 0.000535. The lowest BCUT2D eigenvalue weighted by Crippen LogP contribution is -2.48. The van der Waals surface area contributed by atoms with Crippen LogP contribution in [0.25, 0.3) is 11.0 Å². The molecule has 0 aliphatic carbocycles. The Morgan fingerprint density at radius 1 is 1.00 bits per heavy atom. The van der Waals surface area contributed by atoms with Gasteiger partial charge in [-0.3, -0.25) is 9.69 Å². The molecule has 5 rings (SSSR count). The summed E-state index contributed by atoms with van der Waals surface area (Å²) < 4.78 is 8.11. The second-order valence-electron chi connectivity index (χ2n) is 11.5. The number of aromatic nitrogens is 3. The molecule has 0 unspecified atom stereocenters. The Kier molecular flexibility index (Phi) is 8.49. The number of halogens is 1. The molecule has 2 aromatic heterocycles. The van der Waals surface area contributed by atoms with E-state index in [1.165, 1.54) is 5.56 Å². The Balaban J connectivity index is 1.26. The van der Waals surface area contributed by atoms with Crippen molar-refractivity contribution in [3.05, 3.63) is 65.3 Å². The average molecular weight is 576 g/mol. The Morgan fingerprint density at radius 3 is 2.46 bits per heavy atom. The van der Waals surface area contributed by atoms with Crippen LogP contribution < -0.4 is 15.4 Å². The van der Waals surface area contributed by atoms with Crippen LogP contribution in [0.3, 0.4) is 0 Å². The standard InChI is InChI=1S/C31H38ClN7O2/c1-6-38-13-15-39(16-14-38)20-29(40)36-28-19-23(11-12-33-28)41-22-8-10-27-26(18-22)35-30(37(27)5)34-25-17-21(31(2,3)4)7-9-24(25)32/h7-12,17-19H,6,13-16,20H2,1-5H3,(H,34,35)(H,33,36,40). The van der Waals surface area contributed by atoms with Crippen LogP contribution in [0.1, 0.15) is 33.3 Å². The maximum Gasteiger partial charge on any atom is 0.239 e. The SMILES string of the molecule is CCN1CCN(CC(=O)Nc2cc(Oc3ccc4c(c3)nc(Nc3cc(C(C)(C)C)ccc3Cl)n4C)ccn2)CC1. The van der Waals surface area contributed by atoms with Gasteiger partial charge < -0.3 is 24.8 Å². The summed E-state index contributed by atoms with van der Waals surface area (Å²) in [7, 11) is 1.96. The van der Waals surface area contributed by atoms with E-state index in [0.717, 1.165) is 49.4 Å². The first-order valence-corrected chi connectivity index (χ1v) is 14.4. The quantitative estimate of drug-likeness (QED) is 0.265. The fourth-order valence-corrected chi connectivity index (χ4v) is 5.06. The largest absolute Gasteiger partial charge is 0.457 e. The van der Waals surface area contributed by atoms with Gasteiger partial charge in [0.15, 0.2) is 0 Å². The number of nitrogens with zero attached hydrogens (tertiary/aromatic N) is 5. The molecule has 10 heteroatoms. The third kappa shape index (κ3) is 6.98. The van der Waals surface area contributed by atoms with Gasteiger partial charge in [-0.25, -0.2) is 9.97 Å². The predicted octanol–water partition coefficient (Wildman–Crippen LogP) is 6.03. The first-order chi connectivity index (χ1) is 19.6. The number of piperazine rings is 1. The van der Waals surface area contributed by atoms with Crippen LogP contribution in [-0.4, -0.2) is 69.5 Å². The molecular weight excluding hydrogens is 538 g/mol. The van der Waals surface area contributed by atoms with Gasteiger partial charge in [0.1, 0.15) is 17.3 Å². The maximum atomic E-state index is 12.6. The minimum atomic E-state index is -0.0809. The molecule has 9 nitrogen and oxygen atoms in total. The number of carbonyl (C=O) groups excluding carboxylic acids is 1. The summed E-state index contributed by atoms with van der Waals surface area (Å²) in [4.78, 5) is 26.3. The molecule has 0 spiro atoms. The van der Waals surface area contributed by atoms with Gasteiger partial charge in [-0.05, 0) is 47.9 Å². The number of imidazole rings is 1. The van der Waals surface area contributed by atoms with Crippen molar-refractivity contribution in [1.29, 1.82) is 0 Å². The number of fused-ring (bicyclic) bond motifs is 1. The summed E-state index contributed by atoms with van der Waals surface area (Å²) in [6, 6.07) is 15.3. The summed E-state index contributed by atoms with van der Waals surface area (Å²) in [5.41, 5.74) is 3.72. The van der Waals surface area contributed by atoms with E-state index in [1.807, 2.05) is 35.9 Å². The minimum Gasteiger partial charge on any atom is -0.457 e. The molecule has 216 valence electrons. The number of likely N-dealkylation sites (N-methyl/N-ethyl adjacent to an activating group) is 1. The van der Waals surface area contributed by atoms with Crippen LogP contribution in [0.4, 0.5) is 17.5 Å². The Morgan fingerprint density at radius 2 is 1.73 bits per heavy atom. The molecule has 1 fully saturated rings. The van der Waals surface area contributed by atoms with Crippen molar-refractivity contribution in [2.45, 2.75) is 33.1 Å². The molecule has 1 aliphatic rings. The molecule has 2 aromatic carbocycles. The highest BCUT2D eigenvalue weighted by atomic mass is 35.5. The number of anilines is 3. The van der Waals surface area contributed by atoms with Gasteiger partial charge in [-0.1, -0.05) is 45.4 Å². The summed E-state index contributed by atoms with van der Waals surface area (Å²) in [5.74, 6) is 2.26. The average Bonchev–Trinajstić information content (AvgIpc) is 3.24. The Bertz CT molecular complexity index is 1540. The highest BCUT2D eigenvalue weighted by Crippen LogP contribution is 2.33. The molecule has 4 aromatic rings. The predicted molar refractivity (Wildman–Crippen MR) is 166 cm³/mol. The highest BCUT2D eigenvalue weighted by molar-refractivity contribution is 6.33. The van der Waals surface area contributed by atoms with E-state index in [1.54, 1.807) is 18.3 Å². The van der Waals surface area contributed by atoms with Crippen molar-refractivity contribution >= 4 is 46.0 Å². The van der Waals surface area contributed by atoms with E-state index in [2.05, 4.69) is 65.2 Å². The number of aryl methyl sites for hydroxylation is 1. The van der Waals surface area contributed by atoms with Crippen molar-refractivity contribution in [3.63, 3.8) is 0 Å². The van der Waals surface area contributed by atoms with Gasteiger partial charge in [-0.15, -0.1) is 0 Å². The van der Waals surface area contributed by atoms with E-state index < -0.39 is 0 Å². The molecule has 3 heterocycles. The van der Waals surface area contributed by atoms with Gasteiger partial charge in [0.25, 0.3) is 0 Å². The monoisotopic (exact) mass is 575 g/mol. The third-order valence-electron chi connectivity index (χ3n) is 7.45. The zero-order valence-electron chi connectivity index (χ0n) is 24.4. The zero-order chi connectivity index (χ0) is 29.1.